The van der Waals surface area contributed by atoms with Gasteiger partial charge >= 0.3 is 0 Å². The molecule has 1 atom stereocenters. The summed E-state index contributed by atoms with van der Waals surface area (Å²) in [6, 6.07) is 0. The van der Waals surface area contributed by atoms with E-state index in [1.165, 1.54) is 11.3 Å². The van der Waals surface area contributed by atoms with Gasteiger partial charge in [0.2, 0.25) is 0 Å². The largest absolute Gasteiger partial charge is 0.376 e. The minimum Gasteiger partial charge on any atom is -0.376 e. The van der Waals surface area contributed by atoms with Crippen molar-refractivity contribution in [3.05, 3.63) is 22.4 Å². The summed E-state index contributed by atoms with van der Waals surface area (Å²) >= 11 is 12.7. The summed E-state index contributed by atoms with van der Waals surface area (Å²) in [5.74, 6) is 0. The lowest BCUT2D eigenvalue weighted by atomic mass is 10.2. The Bertz CT molecular complexity index is 662. The van der Waals surface area contributed by atoms with Crippen LogP contribution in [0.25, 0.3) is 4.96 Å². The summed E-state index contributed by atoms with van der Waals surface area (Å²) in [5.41, 5.74) is 3.49. The van der Waals surface area contributed by atoms with Gasteiger partial charge in [-0.2, -0.15) is 5.10 Å². The third kappa shape index (κ3) is 3.52. The molecule has 1 saturated heterocycles. The lowest BCUT2D eigenvalue weighted by molar-refractivity contribution is 0.114. The highest BCUT2D eigenvalue weighted by molar-refractivity contribution is 7.80. The number of hydrogen-bond acceptors (Lipinski definition) is 5. The number of ether oxygens (including phenoxy) is 1. The van der Waals surface area contributed by atoms with Gasteiger partial charge in [-0.15, -0.1) is 11.3 Å². The van der Waals surface area contributed by atoms with Gasteiger partial charge in [0.25, 0.3) is 0 Å². The van der Waals surface area contributed by atoms with E-state index in [4.69, 9.17) is 28.6 Å². The fourth-order valence-corrected chi connectivity index (χ4v) is 3.22. The van der Waals surface area contributed by atoms with Crippen molar-refractivity contribution in [2.45, 2.75) is 18.9 Å². The van der Waals surface area contributed by atoms with E-state index in [1.54, 1.807) is 6.21 Å². The second kappa shape index (κ2) is 6.69. The molecular formula is C12H14ClN5OS2. The molecule has 0 aromatic carbocycles. The molecule has 0 unspecified atom stereocenters. The van der Waals surface area contributed by atoms with Crippen LogP contribution in [0, 0.1) is 0 Å². The van der Waals surface area contributed by atoms with Gasteiger partial charge in [-0.05, 0) is 25.1 Å². The van der Waals surface area contributed by atoms with Crippen molar-refractivity contribution in [3.63, 3.8) is 0 Å². The average Bonchev–Trinajstić information content (AvgIpc) is 3.16. The van der Waals surface area contributed by atoms with Gasteiger partial charge in [-0.25, -0.2) is 4.98 Å². The summed E-state index contributed by atoms with van der Waals surface area (Å²) in [5, 5.41) is 9.99. The molecule has 0 radical (unpaired) electrons. The van der Waals surface area contributed by atoms with Gasteiger partial charge in [0.15, 0.2) is 15.2 Å². The molecule has 0 saturated carbocycles. The Labute approximate surface area is 136 Å². The number of halogens is 1. The van der Waals surface area contributed by atoms with E-state index < -0.39 is 0 Å². The molecular weight excluding hydrogens is 330 g/mol. The fourth-order valence-electron chi connectivity index (χ4n) is 2.10. The van der Waals surface area contributed by atoms with Crippen molar-refractivity contribution in [1.82, 2.24) is 20.1 Å². The molecule has 21 heavy (non-hydrogen) atoms. The number of hydrazone groups is 1. The Morgan fingerprint density at radius 3 is 3.43 bits per heavy atom. The van der Waals surface area contributed by atoms with Crippen LogP contribution in [0.5, 0.6) is 0 Å². The smallest absolute Gasteiger partial charge is 0.195 e. The van der Waals surface area contributed by atoms with Crippen LogP contribution in [-0.2, 0) is 4.74 Å². The van der Waals surface area contributed by atoms with Crippen molar-refractivity contribution in [1.29, 1.82) is 0 Å². The molecule has 0 aliphatic carbocycles. The van der Waals surface area contributed by atoms with Crippen LogP contribution in [0.2, 0.25) is 5.15 Å². The quantitative estimate of drug-likeness (QED) is 0.505. The molecule has 0 spiro atoms. The molecule has 0 amide bonds. The molecule has 2 aromatic rings. The Kier molecular flexibility index (Phi) is 4.69. The van der Waals surface area contributed by atoms with Crippen LogP contribution < -0.4 is 10.7 Å². The molecule has 1 aliphatic heterocycles. The fraction of sp³-hybridized carbons (Fsp3) is 0.417. The number of thiazole rings is 1. The molecule has 112 valence electrons. The van der Waals surface area contributed by atoms with Crippen LogP contribution in [0.1, 0.15) is 18.5 Å². The Balaban J connectivity index is 1.52. The number of nitrogens with one attached hydrogen (secondary N) is 2. The van der Waals surface area contributed by atoms with Gasteiger partial charge in [0, 0.05) is 24.7 Å². The van der Waals surface area contributed by atoms with Crippen LogP contribution in [-0.4, -0.2) is 40.0 Å². The second-order valence-electron chi connectivity index (χ2n) is 4.56. The minimum atomic E-state index is 0.239. The standard InChI is InChI=1S/C12H14ClN5OS2/c13-10-9(18-3-5-21-12(18)16-10)7-15-17-11(20)14-6-8-2-1-4-19-8/h3,5,7-8H,1-2,4,6H2,(H2,14,17,20)/b15-7-/t8-/m1/s1. The van der Waals surface area contributed by atoms with E-state index in [-0.39, 0.29) is 6.10 Å². The zero-order valence-corrected chi connectivity index (χ0v) is 13.5. The predicted octanol–water partition coefficient (Wildman–Crippen LogP) is 2.03. The predicted molar refractivity (Wildman–Crippen MR) is 88.4 cm³/mol. The highest BCUT2D eigenvalue weighted by Gasteiger charge is 2.15. The van der Waals surface area contributed by atoms with Crippen molar-refractivity contribution >= 4 is 51.4 Å². The number of rotatable bonds is 4. The Hall–Kier alpha value is -1.22. The second-order valence-corrected chi connectivity index (χ2v) is 6.20. The van der Waals surface area contributed by atoms with Gasteiger partial charge in [-0.1, -0.05) is 11.6 Å². The molecule has 2 N–H and O–H groups in total. The zero-order valence-electron chi connectivity index (χ0n) is 11.1. The van der Waals surface area contributed by atoms with Crippen molar-refractivity contribution in [2.24, 2.45) is 5.10 Å². The van der Waals surface area contributed by atoms with Crippen LogP contribution in [0.4, 0.5) is 0 Å². The summed E-state index contributed by atoms with van der Waals surface area (Å²) < 4.78 is 7.38. The maximum atomic E-state index is 6.06. The summed E-state index contributed by atoms with van der Waals surface area (Å²) in [6.45, 7) is 1.53. The molecule has 2 aromatic heterocycles. The lowest BCUT2D eigenvalue weighted by Gasteiger charge is -2.11. The van der Waals surface area contributed by atoms with Gasteiger partial charge in [0.1, 0.15) is 5.69 Å². The molecule has 1 aliphatic rings. The maximum absolute atomic E-state index is 6.06. The molecule has 9 heteroatoms. The highest BCUT2D eigenvalue weighted by atomic mass is 35.5. The first-order valence-electron chi connectivity index (χ1n) is 6.53. The number of nitrogens with zero attached hydrogens (tertiary/aromatic N) is 3. The zero-order chi connectivity index (χ0) is 14.7. The third-order valence-electron chi connectivity index (χ3n) is 3.12. The summed E-state index contributed by atoms with van der Waals surface area (Å²) in [4.78, 5) is 5.06. The molecule has 3 rings (SSSR count). The first-order chi connectivity index (χ1) is 10.2. The first-order valence-corrected chi connectivity index (χ1v) is 8.20. The molecule has 3 heterocycles. The van der Waals surface area contributed by atoms with Gasteiger partial charge in [-0.3, -0.25) is 9.83 Å². The van der Waals surface area contributed by atoms with Crippen molar-refractivity contribution < 1.29 is 4.74 Å². The number of imidazole rings is 1. The molecule has 0 bridgehead atoms. The first kappa shape index (κ1) is 14.7. The van der Waals surface area contributed by atoms with Crippen molar-refractivity contribution in [2.75, 3.05) is 13.2 Å². The Morgan fingerprint density at radius 1 is 1.71 bits per heavy atom. The molecule has 1 fully saturated rings. The molecule has 6 nitrogen and oxygen atoms in total. The lowest BCUT2D eigenvalue weighted by Crippen LogP contribution is -2.37. The number of aromatic nitrogens is 2. The topological polar surface area (TPSA) is 63.0 Å². The van der Waals surface area contributed by atoms with E-state index in [0.29, 0.717) is 16.8 Å². The van der Waals surface area contributed by atoms with Crippen LogP contribution in [0.3, 0.4) is 0 Å². The number of fused-ring (bicyclic) bond motifs is 1. The van der Waals surface area contributed by atoms with E-state index in [2.05, 4.69) is 20.8 Å². The Morgan fingerprint density at radius 2 is 2.62 bits per heavy atom. The van der Waals surface area contributed by atoms with Crippen molar-refractivity contribution in [3.8, 4) is 0 Å². The van der Waals surface area contributed by atoms with Crippen LogP contribution >= 0.6 is 35.2 Å². The normalized spacial score (nSPS) is 18.6. The average molecular weight is 344 g/mol. The van der Waals surface area contributed by atoms with E-state index >= 15 is 0 Å². The van der Waals surface area contributed by atoms with Gasteiger partial charge in [0.05, 0.1) is 12.3 Å². The van der Waals surface area contributed by atoms with E-state index in [1.807, 2.05) is 16.0 Å². The SMILES string of the molecule is S=C(NC[C@H]1CCCO1)N/N=C\c1c(Cl)nc2sccn12. The summed E-state index contributed by atoms with van der Waals surface area (Å²) in [7, 11) is 0. The monoisotopic (exact) mass is 343 g/mol. The third-order valence-corrected chi connectivity index (χ3v) is 4.39. The highest BCUT2D eigenvalue weighted by Crippen LogP contribution is 2.19. The van der Waals surface area contributed by atoms with E-state index in [9.17, 15) is 0 Å². The number of thiocarbonyl (C=S) groups is 1. The maximum Gasteiger partial charge on any atom is 0.195 e. The van der Waals surface area contributed by atoms with E-state index in [0.717, 1.165) is 30.1 Å². The summed E-state index contributed by atoms with van der Waals surface area (Å²) in [6.07, 6.45) is 5.92. The van der Waals surface area contributed by atoms with Crippen LogP contribution in [0.15, 0.2) is 16.7 Å². The van der Waals surface area contributed by atoms with Gasteiger partial charge < -0.3 is 10.1 Å². The number of hydrogen-bond donors (Lipinski definition) is 2. The minimum absolute atomic E-state index is 0.239.